The maximum atomic E-state index is 12.0. The first kappa shape index (κ1) is 17.1. The number of halogens is 1. The molecule has 3 N–H and O–H groups in total. The molecule has 0 heterocycles. The molecule has 0 fully saturated rings. The molecule has 0 spiro atoms. The van der Waals surface area contributed by atoms with Crippen molar-refractivity contribution in [3.05, 3.63) is 58.6 Å². The van der Waals surface area contributed by atoms with Crippen LogP contribution in [0, 0.1) is 6.92 Å². The third kappa shape index (κ3) is 4.84. The third-order valence-electron chi connectivity index (χ3n) is 3.07. The lowest BCUT2D eigenvalue weighted by atomic mass is 10.2. The van der Waals surface area contributed by atoms with Gasteiger partial charge in [-0.1, -0.05) is 17.7 Å². The van der Waals surface area contributed by atoms with E-state index in [1.165, 1.54) is 0 Å². The standard InChI is InChI=1S/C16H16ClN3O2S/c1-10-3-6-12(9-14(10)17)18-16(23)20-19-15(21)11-4-7-13(22-2)8-5-11/h3-9H,1-2H3,(H,19,21)(H2,18,20,23). The summed E-state index contributed by atoms with van der Waals surface area (Å²) in [7, 11) is 1.57. The van der Waals surface area contributed by atoms with Gasteiger partial charge in [-0.2, -0.15) is 0 Å². The molecule has 120 valence electrons. The largest absolute Gasteiger partial charge is 0.497 e. The summed E-state index contributed by atoms with van der Waals surface area (Å²) >= 11 is 11.2. The number of thiocarbonyl (C=S) groups is 1. The number of hydrogen-bond donors (Lipinski definition) is 3. The van der Waals surface area contributed by atoms with Crippen molar-refractivity contribution in [2.45, 2.75) is 6.92 Å². The maximum Gasteiger partial charge on any atom is 0.269 e. The van der Waals surface area contributed by atoms with Crippen molar-refractivity contribution in [3.8, 4) is 5.75 Å². The first-order valence-corrected chi connectivity index (χ1v) is 7.56. The SMILES string of the molecule is COc1ccc(C(=O)NNC(=S)Nc2ccc(C)c(Cl)c2)cc1. The summed E-state index contributed by atoms with van der Waals surface area (Å²) in [6.45, 7) is 1.91. The molecule has 0 unspecified atom stereocenters. The Kier molecular flexibility index (Phi) is 5.78. The van der Waals surface area contributed by atoms with Crippen LogP contribution in [0.5, 0.6) is 5.75 Å². The average Bonchev–Trinajstić information content (AvgIpc) is 2.56. The van der Waals surface area contributed by atoms with Crippen LogP contribution in [0.4, 0.5) is 5.69 Å². The lowest BCUT2D eigenvalue weighted by Crippen LogP contribution is -2.43. The first-order valence-electron chi connectivity index (χ1n) is 6.77. The minimum absolute atomic E-state index is 0.256. The van der Waals surface area contributed by atoms with Gasteiger partial charge in [0, 0.05) is 16.3 Å². The van der Waals surface area contributed by atoms with Gasteiger partial charge in [0.05, 0.1) is 7.11 Å². The van der Waals surface area contributed by atoms with Gasteiger partial charge in [-0.05, 0) is 61.1 Å². The van der Waals surface area contributed by atoms with Crippen molar-refractivity contribution < 1.29 is 9.53 Å². The molecule has 2 rings (SSSR count). The molecule has 0 aliphatic heterocycles. The van der Waals surface area contributed by atoms with E-state index in [1.807, 2.05) is 19.1 Å². The van der Waals surface area contributed by atoms with Gasteiger partial charge in [-0.25, -0.2) is 0 Å². The Labute approximate surface area is 145 Å². The lowest BCUT2D eigenvalue weighted by molar-refractivity contribution is 0.0944. The fourth-order valence-electron chi connectivity index (χ4n) is 1.76. The maximum absolute atomic E-state index is 12.0. The molecule has 0 aliphatic carbocycles. The van der Waals surface area contributed by atoms with E-state index in [2.05, 4.69) is 16.2 Å². The van der Waals surface area contributed by atoms with Crippen molar-refractivity contribution in [2.75, 3.05) is 12.4 Å². The van der Waals surface area contributed by atoms with Crippen molar-refractivity contribution in [2.24, 2.45) is 0 Å². The second-order valence-electron chi connectivity index (χ2n) is 4.73. The molecule has 2 aromatic rings. The van der Waals surface area contributed by atoms with Gasteiger partial charge in [0.2, 0.25) is 0 Å². The van der Waals surface area contributed by atoms with Crippen LogP contribution in [0.2, 0.25) is 5.02 Å². The van der Waals surface area contributed by atoms with Gasteiger partial charge in [0.15, 0.2) is 5.11 Å². The van der Waals surface area contributed by atoms with Crippen molar-refractivity contribution in [1.29, 1.82) is 0 Å². The zero-order valence-electron chi connectivity index (χ0n) is 12.6. The molecule has 0 saturated heterocycles. The number of methoxy groups -OCH3 is 1. The zero-order valence-corrected chi connectivity index (χ0v) is 14.2. The number of carbonyl (C=O) groups excluding carboxylic acids is 1. The Morgan fingerprint density at radius 1 is 1.13 bits per heavy atom. The number of aryl methyl sites for hydroxylation is 1. The summed E-state index contributed by atoms with van der Waals surface area (Å²) in [6, 6.07) is 12.2. The predicted octanol–water partition coefficient (Wildman–Crippen LogP) is 3.29. The fourth-order valence-corrected chi connectivity index (χ4v) is 2.11. The van der Waals surface area contributed by atoms with E-state index in [1.54, 1.807) is 37.4 Å². The highest BCUT2D eigenvalue weighted by Crippen LogP contribution is 2.19. The summed E-state index contributed by atoms with van der Waals surface area (Å²) in [5.41, 5.74) is 7.35. The number of anilines is 1. The van der Waals surface area contributed by atoms with Crippen LogP contribution >= 0.6 is 23.8 Å². The molecular weight excluding hydrogens is 334 g/mol. The van der Waals surface area contributed by atoms with Gasteiger partial charge < -0.3 is 10.1 Å². The molecule has 2 aromatic carbocycles. The molecule has 0 bridgehead atoms. The summed E-state index contributed by atoms with van der Waals surface area (Å²) < 4.78 is 5.04. The Morgan fingerprint density at radius 2 is 1.83 bits per heavy atom. The van der Waals surface area contributed by atoms with E-state index < -0.39 is 0 Å². The summed E-state index contributed by atoms with van der Waals surface area (Å²) in [5.74, 6) is 0.377. The minimum Gasteiger partial charge on any atom is -0.497 e. The second kappa shape index (κ2) is 7.80. The number of ether oxygens (including phenoxy) is 1. The zero-order chi connectivity index (χ0) is 16.8. The highest BCUT2D eigenvalue weighted by molar-refractivity contribution is 7.80. The number of carbonyl (C=O) groups is 1. The van der Waals surface area contributed by atoms with Crippen molar-refractivity contribution in [3.63, 3.8) is 0 Å². The Bertz CT molecular complexity index is 720. The van der Waals surface area contributed by atoms with E-state index in [9.17, 15) is 4.79 Å². The van der Waals surface area contributed by atoms with E-state index in [0.29, 0.717) is 16.3 Å². The van der Waals surface area contributed by atoms with Crippen LogP contribution in [0.3, 0.4) is 0 Å². The smallest absolute Gasteiger partial charge is 0.269 e. The van der Waals surface area contributed by atoms with Gasteiger partial charge in [0.1, 0.15) is 5.75 Å². The number of benzene rings is 2. The van der Waals surface area contributed by atoms with E-state index >= 15 is 0 Å². The van der Waals surface area contributed by atoms with Crippen molar-refractivity contribution in [1.82, 2.24) is 10.9 Å². The lowest BCUT2D eigenvalue weighted by Gasteiger charge is -2.12. The number of amides is 1. The van der Waals surface area contributed by atoms with E-state index in [4.69, 9.17) is 28.6 Å². The Balaban J connectivity index is 1.87. The molecule has 7 heteroatoms. The Hall–Kier alpha value is -2.31. The van der Waals surface area contributed by atoms with Crippen LogP contribution < -0.4 is 20.9 Å². The van der Waals surface area contributed by atoms with Gasteiger partial charge in [-0.3, -0.25) is 15.6 Å². The minimum atomic E-state index is -0.307. The van der Waals surface area contributed by atoms with Crippen LogP contribution in [-0.4, -0.2) is 18.1 Å². The first-order chi connectivity index (χ1) is 11.0. The van der Waals surface area contributed by atoms with Gasteiger partial charge >= 0.3 is 0 Å². The molecule has 1 amide bonds. The molecule has 0 aliphatic rings. The van der Waals surface area contributed by atoms with Crippen LogP contribution in [0.25, 0.3) is 0 Å². The molecular formula is C16H16ClN3O2S. The molecule has 0 atom stereocenters. The number of rotatable bonds is 3. The van der Waals surface area contributed by atoms with Gasteiger partial charge in [-0.15, -0.1) is 0 Å². The van der Waals surface area contributed by atoms with Crippen LogP contribution in [0.1, 0.15) is 15.9 Å². The van der Waals surface area contributed by atoms with E-state index in [0.717, 1.165) is 11.3 Å². The Morgan fingerprint density at radius 3 is 2.43 bits per heavy atom. The van der Waals surface area contributed by atoms with Gasteiger partial charge in [0.25, 0.3) is 5.91 Å². The number of nitrogens with one attached hydrogen (secondary N) is 3. The van der Waals surface area contributed by atoms with Crippen LogP contribution in [0.15, 0.2) is 42.5 Å². The summed E-state index contributed by atoms with van der Waals surface area (Å²) in [4.78, 5) is 12.0. The topological polar surface area (TPSA) is 62.4 Å². The number of hydrazine groups is 1. The molecule has 5 nitrogen and oxygen atoms in total. The summed E-state index contributed by atoms with van der Waals surface area (Å²) in [5, 5.41) is 3.83. The molecule has 0 aromatic heterocycles. The predicted molar refractivity (Wildman–Crippen MR) is 96.0 cm³/mol. The van der Waals surface area contributed by atoms with E-state index in [-0.39, 0.29) is 11.0 Å². The third-order valence-corrected chi connectivity index (χ3v) is 3.68. The molecule has 0 saturated carbocycles. The fraction of sp³-hybridized carbons (Fsp3) is 0.125. The molecule has 0 radical (unpaired) electrons. The molecule has 23 heavy (non-hydrogen) atoms. The second-order valence-corrected chi connectivity index (χ2v) is 5.54. The quantitative estimate of drug-likeness (QED) is 0.586. The number of hydrogen-bond acceptors (Lipinski definition) is 3. The summed E-state index contributed by atoms with van der Waals surface area (Å²) in [6.07, 6.45) is 0. The highest BCUT2D eigenvalue weighted by atomic mass is 35.5. The average molecular weight is 350 g/mol. The normalized spacial score (nSPS) is 9.87. The highest BCUT2D eigenvalue weighted by Gasteiger charge is 2.06. The monoisotopic (exact) mass is 349 g/mol. The van der Waals surface area contributed by atoms with Crippen molar-refractivity contribution >= 4 is 40.5 Å². The van der Waals surface area contributed by atoms with Crippen LogP contribution in [-0.2, 0) is 0 Å².